The van der Waals surface area contributed by atoms with Crippen molar-refractivity contribution in [2.24, 2.45) is 0 Å². The standard InChI is InChI=1S/C19H20N4O3S/c1-10-15-17(25)21-14(9-23(3)4)22-19(15)27-16(10)18(26)20-13-7-5-12(6-8-13)11(2)24/h5-8H,9H2,1-4H3,(H,20,26)(H,21,22,25). The van der Waals surface area contributed by atoms with E-state index in [1.807, 2.05) is 19.0 Å². The van der Waals surface area contributed by atoms with Crippen LogP contribution in [0.2, 0.25) is 0 Å². The maximum Gasteiger partial charge on any atom is 0.266 e. The van der Waals surface area contributed by atoms with Gasteiger partial charge in [-0.1, -0.05) is 0 Å². The molecule has 0 radical (unpaired) electrons. The minimum atomic E-state index is -0.306. The molecule has 3 rings (SSSR count). The SMILES string of the molecule is CC(=O)c1ccc(NC(=O)c2sc3nc(CN(C)C)[nH]c(=O)c3c2C)cc1. The average molecular weight is 384 g/mol. The fourth-order valence-electron chi connectivity index (χ4n) is 2.76. The first-order valence-electron chi connectivity index (χ1n) is 8.35. The van der Waals surface area contributed by atoms with E-state index in [2.05, 4.69) is 15.3 Å². The maximum atomic E-state index is 12.7. The number of H-pyrrole nitrogens is 1. The lowest BCUT2D eigenvalue weighted by atomic mass is 10.1. The van der Waals surface area contributed by atoms with Gasteiger partial charge in [0, 0.05) is 11.3 Å². The Morgan fingerprint density at radius 3 is 2.48 bits per heavy atom. The molecule has 140 valence electrons. The van der Waals surface area contributed by atoms with Gasteiger partial charge in [-0.25, -0.2) is 4.98 Å². The molecule has 0 saturated carbocycles. The number of hydrogen-bond acceptors (Lipinski definition) is 6. The number of thiophene rings is 1. The topological polar surface area (TPSA) is 95.2 Å². The molecule has 0 aliphatic heterocycles. The van der Waals surface area contributed by atoms with Crippen molar-refractivity contribution in [2.75, 3.05) is 19.4 Å². The number of hydrogen-bond donors (Lipinski definition) is 2. The molecule has 2 heterocycles. The number of carbonyl (C=O) groups is 2. The van der Waals surface area contributed by atoms with Crippen molar-refractivity contribution in [3.8, 4) is 0 Å². The molecule has 2 aromatic heterocycles. The minimum absolute atomic E-state index is 0.0351. The number of nitrogens with one attached hydrogen (secondary N) is 2. The molecule has 0 aliphatic rings. The van der Waals surface area contributed by atoms with Crippen LogP contribution >= 0.6 is 11.3 Å². The molecule has 0 unspecified atom stereocenters. The van der Waals surface area contributed by atoms with Crippen LogP contribution in [0.15, 0.2) is 29.1 Å². The van der Waals surface area contributed by atoms with Crippen molar-refractivity contribution in [2.45, 2.75) is 20.4 Å². The van der Waals surface area contributed by atoms with Gasteiger partial charge in [-0.15, -0.1) is 11.3 Å². The highest BCUT2D eigenvalue weighted by Crippen LogP contribution is 2.28. The molecule has 0 spiro atoms. The molecule has 0 saturated heterocycles. The van der Waals surface area contributed by atoms with Crippen LogP contribution < -0.4 is 10.9 Å². The van der Waals surface area contributed by atoms with Gasteiger partial charge in [0.2, 0.25) is 0 Å². The van der Waals surface area contributed by atoms with E-state index < -0.39 is 0 Å². The molecule has 0 fully saturated rings. The van der Waals surface area contributed by atoms with Crippen LogP contribution in [0.3, 0.4) is 0 Å². The monoisotopic (exact) mass is 384 g/mol. The van der Waals surface area contributed by atoms with Gasteiger partial charge in [-0.3, -0.25) is 14.4 Å². The first-order chi connectivity index (χ1) is 12.8. The molecule has 27 heavy (non-hydrogen) atoms. The van der Waals surface area contributed by atoms with Gasteiger partial charge in [-0.05, 0) is 57.8 Å². The Labute approximate surface area is 160 Å². The predicted octanol–water partition coefficient (Wildman–Crippen LogP) is 2.81. The van der Waals surface area contributed by atoms with Gasteiger partial charge in [-0.2, -0.15) is 0 Å². The smallest absolute Gasteiger partial charge is 0.266 e. The third-order valence-corrected chi connectivity index (χ3v) is 5.26. The van der Waals surface area contributed by atoms with Crippen molar-refractivity contribution in [1.82, 2.24) is 14.9 Å². The molecule has 8 heteroatoms. The number of anilines is 1. The van der Waals surface area contributed by atoms with Crippen molar-refractivity contribution in [1.29, 1.82) is 0 Å². The third kappa shape index (κ3) is 3.96. The van der Waals surface area contributed by atoms with Crippen LogP contribution in [0, 0.1) is 6.92 Å². The lowest BCUT2D eigenvalue weighted by molar-refractivity contribution is 0.101. The highest BCUT2D eigenvalue weighted by atomic mass is 32.1. The summed E-state index contributed by atoms with van der Waals surface area (Å²) >= 11 is 1.20. The molecule has 2 N–H and O–H groups in total. The van der Waals surface area contributed by atoms with E-state index in [1.165, 1.54) is 18.3 Å². The lowest BCUT2D eigenvalue weighted by Crippen LogP contribution is -2.18. The van der Waals surface area contributed by atoms with Crippen LogP contribution in [0.1, 0.15) is 38.3 Å². The number of amides is 1. The number of fused-ring (bicyclic) bond motifs is 1. The Morgan fingerprint density at radius 2 is 1.89 bits per heavy atom. The molecular weight excluding hydrogens is 364 g/mol. The summed E-state index contributed by atoms with van der Waals surface area (Å²) < 4.78 is 0. The number of aromatic nitrogens is 2. The first kappa shape index (κ1) is 18.9. The summed E-state index contributed by atoms with van der Waals surface area (Å²) in [7, 11) is 3.78. The molecule has 0 bridgehead atoms. The number of carbonyl (C=O) groups excluding carboxylic acids is 2. The van der Waals surface area contributed by atoms with Gasteiger partial charge in [0.25, 0.3) is 11.5 Å². The Bertz CT molecular complexity index is 1080. The van der Waals surface area contributed by atoms with Crippen molar-refractivity contribution >= 4 is 38.9 Å². The lowest BCUT2D eigenvalue weighted by Gasteiger charge is -2.07. The largest absolute Gasteiger partial charge is 0.321 e. The van der Waals surface area contributed by atoms with Crippen molar-refractivity contribution in [3.05, 3.63) is 56.4 Å². The van der Waals surface area contributed by atoms with E-state index in [1.54, 1.807) is 31.2 Å². The van der Waals surface area contributed by atoms with Crippen molar-refractivity contribution in [3.63, 3.8) is 0 Å². The normalized spacial score (nSPS) is 11.1. The minimum Gasteiger partial charge on any atom is -0.321 e. The van der Waals surface area contributed by atoms with Crippen LogP contribution in [0.5, 0.6) is 0 Å². The van der Waals surface area contributed by atoms with E-state index in [0.717, 1.165) is 0 Å². The molecule has 0 aliphatic carbocycles. The Morgan fingerprint density at radius 1 is 1.22 bits per heavy atom. The number of benzene rings is 1. The zero-order chi connectivity index (χ0) is 19.7. The zero-order valence-corrected chi connectivity index (χ0v) is 16.4. The molecule has 7 nitrogen and oxygen atoms in total. The molecule has 1 amide bonds. The third-order valence-electron chi connectivity index (χ3n) is 4.07. The predicted molar refractivity (Wildman–Crippen MR) is 107 cm³/mol. The molecule has 1 aromatic carbocycles. The van der Waals surface area contributed by atoms with Crippen LogP contribution in [-0.2, 0) is 6.54 Å². The number of Topliss-reactive ketones (excluding diaryl/α,β-unsaturated/α-hetero) is 1. The summed E-state index contributed by atoms with van der Waals surface area (Å²) in [6, 6.07) is 6.68. The van der Waals surface area contributed by atoms with Gasteiger partial charge in [0.1, 0.15) is 10.7 Å². The second kappa shape index (κ2) is 7.42. The van der Waals surface area contributed by atoms with Gasteiger partial charge in [0.05, 0.1) is 16.8 Å². The summed E-state index contributed by atoms with van der Waals surface area (Å²) in [5.41, 5.74) is 1.53. The zero-order valence-electron chi connectivity index (χ0n) is 15.5. The fourth-order valence-corrected chi connectivity index (χ4v) is 3.85. The quantitative estimate of drug-likeness (QED) is 0.660. The van der Waals surface area contributed by atoms with Gasteiger partial charge in [0.15, 0.2) is 5.78 Å². The van der Waals surface area contributed by atoms with E-state index >= 15 is 0 Å². The van der Waals surface area contributed by atoms with E-state index in [9.17, 15) is 14.4 Å². The van der Waals surface area contributed by atoms with Gasteiger partial charge < -0.3 is 15.2 Å². The molecule has 3 aromatic rings. The fraction of sp³-hybridized carbons (Fsp3) is 0.263. The average Bonchev–Trinajstić information content (AvgIpc) is 2.92. The highest BCUT2D eigenvalue weighted by Gasteiger charge is 2.19. The number of nitrogens with zero attached hydrogens (tertiary/aromatic N) is 2. The van der Waals surface area contributed by atoms with Crippen LogP contribution in [-0.4, -0.2) is 40.7 Å². The summed E-state index contributed by atoms with van der Waals surface area (Å²) in [5.74, 6) is 0.220. The number of aryl methyl sites for hydroxylation is 1. The van der Waals surface area contributed by atoms with Gasteiger partial charge >= 0.3 is 0 Å². The van der Waals surface area contributed by atoms with Crippen LogP contribution in [0.25, 0.3) is 10.2 Å². The molecular formula is C19H20N4O3S. The van der Waals surface area contributed by atoms with Crippen molar-refractivity contribution < 1.29 is 9.59 Å². The Balaban J connectivity index is 1.92. The summed E-state index contributed by atoms with van der Waals surface area (Å²) in [4.78, 5) is 46.6. The van der Waals surface area contributed by atoms with E-state index in [-0.39, 0.29) is 17.2 Å². The molecule has 0 atom stereocenters. The highest BCUT2D eigenvalue weighted by molar-refractivity contribution is 7.20. The second-order valence-corrected chi connectivity index (χ2v) is 7.57. The van der Waals surface area contributed by atoms with Crippen LogP contribution in [0.4, 0.5) is 5.69 Å². The Kier molecular flexibility index (Phi) is 5.20. The Hall–Kier alpha value is -2.84. The summed E-state index contributed by atoms with van der Waals surface area (Å²) in [6.07, 6.45) is 0. The maximum absolute atomic E-state index is 12.7. The number of aromatic amines is 1. The summed E-state index contributed by atoms with van der Waals surface area (Å²) in [5, 5.41) is 3.25. The first-order valence-corrected chi connectivity index (χ1v) is 9.17. The summed E-state index contributed by atoms with van der Waals surface area (Å²) in [6.45, 7) is 3.74. The number of ketones is 1. The van der Waals surface area contributed by atoms with E-state index in [0.29, 0.717) is 44.3 Å². The van der Waals surface area contributed by atoms with E-state index in [4.69, 9.17) is 0 Å². The second-order valence-electron chi connectivity index (χ2n) is 6.57. The number of rotatable bonds is 5.